The van der Waals surface area contributed by atoms with Crippen LogP contribution in [0.15, 0.2) is 0 Å². The highest BCUT2D eigenvalue weighted by Gasteiger charge is 2.12. The van der Waals surface area contributed by atoms with Crippen molar-refractivity contribution >= 4 is 29.8 Å². The summed E-state index contributed by atoms with van der Waals surface area (Å²) in [6, 6.07) is -1.06. The van der Waals surface area contributed by atoms with E-state index in [1.807, 2.05) is 0 Å². The van der Waals surface area contributed by atoms with Gasteiger partial charge < -0.3 is 31.3 Å². The van der Waals surface area contributed by atoms with Gasteiger partial charge in [0.25, 0.3) is 17.9 Å². The minimum Gasteiger partial charge on any atom is -0.481 e. The molecule has 130 valence electrons. The van der Waals surface area contributed by atoms with Gasteiger partial charge in [0, 0.05) is 27.2 Å². The van der Waals surface area contributed by atoms with Crippen LogP contribution < -0.4 is 5.73 Å². The van der Waals surface area contributed by atoms with Crippen molar-refractivity contribution < 1.29 is 49.5 Å². The summed E-state index contributed by atoms with van der Waals surface area (Å²) in [5.41, 5.74) is 5.00. The average molecular weight is 327 g/mol. The predicted molar refractivity (Wildman–Crippen MR) is 72.4 cm³/mol. The van der Waals surface area contributed by atoms with Crippen molar-refractivity contribution in [1.82, 2.24) is 0 Å². The molecule has 0 aliphatic heterocycles. The lowest BCUT2D eigenvalue weighted by Crippen LogP contribution is -2.30. The molecule has 1 atom stereocenters. The first-order valence-electron chi connectivity index (χ1n) is 5.52. The highest BCUT2D eigenvalue weighted by atomic mass is 16.4. The van der Waals surface area contributed by atoms with Crippen LogP contribution in [0.3, 0.4) is 0 Å². The summed E-state index contributed by atoms with van der Waals surface area (Å²) in [5.74, 6) is -4.70. The molecule has 0 saturated heterocycles. The van der Waals surface area contributed by atoms with Crippen LogP contribution in [0.4, 0.5) is 0 Å². The normalized spacial score (nSPS) is 9.09. The molecule has 22 heavy (non-hydrogen) atoms. The molecule has 0 fully saturated rings. The van der Waals surface area contributed by atoms with Gasteiger partial charge in [-0.2, -0.15) is 0 Å². The molecule has 7 N–H and O–H groups in total. The molecule has 0 radical (unpaired) electrons. The molecule has 0 spiro atoms. The van der Waals surface area contributed by atoms with Crippen LogP contribution in [-0.2, 0) is 24.0 Å². The van der Waals surface area contributed by atoms with E-state index < -0.39 is 35.9 Å². The van der Waals surface area contributed by atoms with E-state index in [1.54, 1.807) is 0 Å². The summed E-state index contributed by atoms with van der Waals surface area (Å²) in [5, 5.41) is 38.5. The molecule has 0 rings (SSSR count). The summed E-state index contributed by atoms with van der Waals surface area (Å²) < 4.78 is 0. The summed E-state index contributed by atoms with van der Waals surface area (Å²) in [4.78, 5) is 46.9. The highest BCUT2D eigenvalue weighted by molar-refractivity contribution is 5.74. The van der Waals surface area contributed by atoms with Gasteiger partial charge in [-0.3, -0.25) is 24.0 Å². The summed E-state index contributed by atoms with van der Waals surface area (Å²) in [6.45, 7) is 3.25. The summed E-state index contributed by atoms with van der Waals surface area (Å²) in [6.07, 6.45) is -0.224. The Hall–Kier alpha value is -2.69. The Balaban J connectivity index is -0.000000112. The number of aliphatic carboxylic acids is 5. The van der Waals surface area contributed by atoms with Crippen LogP contribution in [0.25, 0.3) is 0 Å². The van der Waals surface area contributed by atoms with E-state index >= 15 is 0 Å². The molecule has 0 aromatic carbocycles. The second-order valence-corrected chi connectivity index (χ2v) is 3.43. The average Bonchev–Trinajstić information content (AvgIpc) is 2.22. The molecule has 0 heterocycles. The van der Waals surface area contributed by atoms with E-state index in [4.69, 9.17) is 45.6 Å². The zero-order valence-corrected chi connectivity index (χ0v) is 12.3. The topological polar surface area (TPSA) is 213 Å². The van der Waals surface area contributed by atoms with Crippen molar-refractivity contribution in [3.05, 3.63) is 0 Å². The maximum atomic E-state index is 9.99. The zero-order chi connectivity index (χ0) is 18.9. The molecular formula is C11H21NO10. The standard InChI is InChI=1S/C5H9NO4.3C2H4O2/c6-3(5(9)10)1-2-4(7)8;3*1-2(3)4/h3H,1-2,6H2,(H,7,8)(H,9,10);3*1H3,(H,3,4). The molecule has 11 nitrogen and oxygen atoms in total. The van der Waals surface area contributed by atoms with Gasteiger partial charge >= 0.3 is 11.9 Å². The first kappa shape index (κ1) is 27.6. The number of hydrogen-bond acceptors (Lipinski definition) is 6. The fraction of sp³-hybridized carbons (Fsp3) is 0.545. The molecule has 0 aliphatic rings. The van der Waals surface area contributed by atoms with E-state index in [0.717, 1.165) is 20.8 Å². The Kier molecular flexibility index (Phi) is 23.0. The van der Waals surface area contributed by atoms with Crippen LogP contribution in [0.1, 0.15) is 33.6 Å². The SMILES string of the molecule is CC(=O)O.CC(=O)O.CC(=O)O.NC(CCC(=O)O)C(=O)O. The van der Waals surface area contributed by atoms with Gasteiger partial charge in [-0.25, -0.2) is 0 Å². The molecule has 0 saturated carbocycles. The van der Waals surface area contributed by atoms with Crippen LogP contribution >= 0.6 is 0 Å². The fourth-order valence-electron chi connectivity index (χ4n) is 0.402. The summed E-state index contributed by atoms with van der Waals surface area (Å²) in [7, 11) is 0. The van der Waals surface area contributed by atoms with E-state index in [-0.39, 0.29) is 12.8 Å². The fourth-order valence-corrected chi connectivity index (χ4v) is 0.402. The third kappa shape index (κ3) is 116. The van der Waals surface area contributed by atoms with Crippen LogP contribution in [0, 0.1) is 0 Å². The number of carboxylic acids is 5. The second-order valence-electron chi connectivity index (χ2n) is 3.43. The smallest absolute Gasteiger partial charge is 0.320 e. The maximum absolute atomic E-state index is 9.99. The van der Waals surface area contributed by atoms with Crippen molar-refractivity contribution in [1.29, 1.82) is 0 Å². The zero-order valence-electron chi connectivity index (χ0n) is 12.3. The van der Waals surface area contributed by atoms with Gasteiger partial charge in [-0.05, 0) is 6.42 Å². The van der Waals surface area contributed by atoms with Crippen molar-refractivity contribution in [2.75, 3.05) is 0 Å². The molecule has 0 bridgehead atoms. The van der Waals surface area contributed by atoms with Crippen LogP contribution in [0.5, 0.6) is 0 Å². The Morgan fingerprint density at radius 1 is 0.773 bits per heavy atom. The van der Waals surface area contributed by atoms with Crippen LogP contribution in [0.2, 0.25) is 0 Å². The van der Waals surface area contributed by atoms with E-state index in [9.17, 15) is 9.59 Å². The lowest BCUT2D eigenvalue weighted by molar-refractivity contribution is -0.140. The van der Waals surface area contributed by atoms with Crippen molar-refractivity contribution in [3.63, 3.8) is 0 Å². The number of rotatable bonds is 4. The highest BCUT2D eigenvalue weighted by Crippen LogP contribution is 1.93. The van der Waals surface area contributed by atoms with E-state index in [0.29, 0.717) is 0 Å². The third-order valence-electron chi connectivity index (χ3n) is 0.986. The predicted octanol–water partition coefficient (Wildman–Crippen LogP) is -0.464. The Bertz CT molecular complexity index is 325. The molecule has 1 unspecified atom stereocenters. The molecular weight excluding hydrogens is 306 g/mol. The minimum atomic E-state index is -1.17. The Labute approximate surface area is 126 Å². The van der Waals surface area contributed by atoms with Gasteiger partial charge in [0.15, 0.2) is 0 Å². The largest absolute Gasteiger partial charge is 0.481 e. The molecule has 11 heteroatoms. The number of nitrogens with two attached hydrogens (primary N) is 1. The Morgan fingerprint density at radius 3 is 1.14 bits per heavy atom. The van der Waals surface area contributed by atoms with Gasteiger partial charge in [-0.15, -0.1) is 0 Å². The van der Waals surface area contributed by atoms with Gasteiger partial charge in [0.05, 0.1) is 0 Å². The van der Waals surface area contributed by atoms with E-state index in [2.05, 4.69) is 0 Å². The molecule has 0 amide bonds. The number of hydrogen-bond donors (Lipinski definition) is 6. The number of carbonyl (C=O) groups is 5. The number of carboxylic acid groups (broad SMARTS) is 5. The monoisotopic (exact) mass is 327 g/mol. The van der Waals surface area contributed by atoms with Gasteiger partial charge in [-0.1, -0.05) is 0 Å². The summed E-state index contributed by atoms with van der Waals surface area (Å²) >= 11 is 0. The maximum Gasteiger partial charge on any atom is 0.320 e. The van der Waals surface area contributed by atoms with E-state index in [1.165, 1.54) is 0 Å². The van der Waals surface area contributed by atoms with Gasteiger partial charge in [0.2, 0.25) is 0 Å². The van der Waals surface area contributed by atoms with Crippen molar-refractivity contribution in [3.8, 4) is 0 Å². The van der Waals surface area contributed by atoms with Gasteiger partial charge in [0.1, 0.15) is 6.04 Å². The first-order chi connectivity index (χ1) is 9.73. The van der Waals surface area contributed by atoms with Crippen molar-refractivity contribution in [2.24, 2.45) is 5.73 Å². The molecule has 0 aromatic heterocycles. The molecule has 0 aromatic rings. The Morgan fingerprint density at radius 2 is 1.00 bits per heavy atom. The van der Waals surface area contributed by atoms with Crippen LogP contribution in [-0.4, -0.2) is 61.4 Å². The lowest BCUT2D eigenvalue weighted by atomic mass is 10.2. The minimum absolute atomic E-state index is 0.0231. The lowest BCUT2D eigenvalue weighted by Gasteiger charge is -2.01. The quantitative estimate of drug-likeness (QED) is 0.388. The third-order valence-corrected chi connectivity index (χ3v) is 0.986. The van der Waals surface area contributed by atoms with Crippen molar-refractivity contribution in [2.45, 2.75) is 39.7 Å². The molecule has 0 aliphatic carbocycles. The first-order valence-corrected chi connectivity index (χ1v) is 5.52. The second kappa shape index (κ2) is 18.3.